The Morgan fingerprint density at radius 3 is 2.69 bits per heavy atom. The Hall–Kier alpha value is -0.160. The first-order valence-electron chi connectivity index (χ1n) is 9.75. The van der Waals surface area contributed by atoms with E-state index in [-0.39, 0.29) is 24.0 Å². The van der Waals surface area contributed by atoms with E-state index in [1.54, 1.807) is 0 Å². The molecule has 0 spiro atoms. The molecular weight excluding hydrogens is 445 g/mol. The number of hydrogen-bond donors (Lipinski definition) is 2. The number of likely N-dealkylation sites (N-methyl/N-ethyl adjacent to an activating group) is 1. The summed E-state index contributed by atoms with van der Waals surface area (Å²) in [7, 11) is 4.01. The third-order valence-corrected chi connectivity index (χ3v) is 5.04. The van der Waals surface area contributed by atoms with Gasteiger partial charge in [0.15, 0.2) is 5.96 Å². The monoisotopic (exact) mass is 483 g/mol. The molecule has 2 N–H and O–H groups in total. The molecular formula is C18H38IN5O2. The van der Waals surface area contributed by atoms with E-state index in [1.807, 2.05) is 7.05 Å². The first kappa shape index (κ1) is 23.9. The zero-order valence-corrected chi connectivity index (χ0v) is 19.0. The number of guanidine groups is 1. The van der Waals surface area contributed by atoms with Crippen LogP contribution in [0, 0.1) is 0 Å². The molecule has 0 bridgehead atoms. The van der Waals surface area contributed by atoms with Crippen LogP contribution in [-0.4, -0.2) is 101 Å². The fraction of sp³-hybridized carbons (Fsp3) is 0.944. The van der Waals surface area contributed by atoms with E-state index in [0.717, 1.165) is 77.9 Å². The summed E-state index contributed by atoms with van der Waals surface area (Å²) < 4.78 is 11.2. The molecule has 2 aliphatic heterocycles. The van der Waals surface area contributed by atoms with Crippen molar-refractivity contribution in [3.63, 3.8) is 0 Å². The molecule has 0 aromatic carbocycles. The summed E-state index contributed by atoms with van der Waals surface area (Å²) in [6.45, 7) is 11.1. The Morgan fingerprint density at radius 2 is 2.04 bits per heavy atom. The lowest BCUT2D eigenvalue weighted by Gasteiger charge is -2.36. The minimum Gasteiger partial charge on any atom is -0.379 e. The van der Waals surface area contributed by atoms with Crippen LogP contribution in [0.4, 0.5) is 0 Å². The lowest BCUT2D eigenvalue weighted by molar-refractivity contribution is 0.0168. The zero-order valence-electron chi connectivity index (χ0n) is 16.7. The van der Waals surface area contributed by atoms with Crippen LogP contribution in [0.25, 0.3) is 0 Å². The van der Waals surface area contributed by atoms with Crippen LogP contribution in [0.15, 0.2) is 4.99 Å². The Labute approximate surface area is 176 Å². The van der Waals surface area contributed by atoms with Gasteiger partial charge in [-0.2, -0.15) is 0 Å². The van der Waals surface area contributed by atoms with E-state index in [4.69, 9.17) is 9.47 Å². The second kappa shape index (κ2) is 13.9. The molecule has 0 aromatic rings. The summed E-state index contributed by atoms with van der Waals surface area (Å²) in [5, 5.41) is 6.80. The number of nitrogens with zero attached hydrogens (tertiary/aromatic N) is 3. The van der Waals surface area contributed by atoms with Crippen molar-refractivity contribution in [2.24, 2.45) is 4.99 Å². The first-order valence-corrected chi connectivity index (χ1v) is 9.75. The molecule has 2 rings (SSSR count). The molecule has 0 aliphatic carbocycles. The van der Waals surface area contributed by atoms with Gasteiger partial charge in [-0.15, -0.1) is 24.0 Å². The van der Waals surface area contributed by atoms with E-state index in [9.17, 15) is 0 Å². The van der Waals surface area contributed by atoms with E-state index in [2.05, 4.69) is 39.4 Å². The number of aliphatic imine (C=N–C) groups is 1. The van der Waals surface area contributed by atoms with Crippen LogP contribution in [-0.2, 0) is 9.47 Å². The Kier molecular flexibility index (Phi) is 12.8. The van der Waals surface area contributed by atoms with Crippen LogP contribution in [0.3, 0.4) is 0 Å². The van der Waals surface area contributed by atoms with Crippen molar-refractivity contribution in [1.82, 2.24) is 20.4 Å². The highest BCUT2D eigenvalue weighted by atomic mass is 127. The Morgan fingerprint density at radius 1 is 1.27 bits per heavy atom. The van der Waals surface area contributed by atoms with E-state index in [0.29, 0.717) is 12.1 Å². The number of rotatable bonds is 9. The van der Waals surface area contributed by atoms with Gasteiger partial charge in [-0.1, -0.05) is 0 Å². The van der Waals surface area contributed by atoms with Gasteiger partial charge >= 0.3 is 0 Å². The van der Waals surface area contributed by atoms with Gasteiger partial charge in [-0.25, -0.2) is 0 Å². The number of halogens is 1. The van der Waals surface area contributed by atoms with Gasteiger partial charge < -0.3 is 25.0 Å². The quantitative estimate of drug-likeness (QED) is 0.221. The van der Waals surface area contributed by atoms with Crippen molar-refractivity contribution in [2.75, 3.05) is 73.2 Å². The molecule has 2 fully saturated rings. The summed E-state index contributed by atoms with van der Waals surface area (Å²) in [4.78, 5) is 9.23. The predicted molar refractivity (Wildman–Crippen MR) is 118 cm³/mol. The fourth-order valence-corrected chi connectivity index (χ4v) is 3.23. The van der Waals surface area contributed by atoms with Crippen molar-refractivity contribution in [2.45, 2.75) is 38.3 Å². The Balaban J connectivity index is 0.00000338. The second-order valence-electron chi connectivity index (χ2n) is 7.13. The Bertz CT molecular complexity index is 386. The molecule has 2 atom stereocenters. The fourth-order valence-electron chi connectivity index (χ4n) is 3.23. The van der Waals surface area contributed by atoms with Gasteiger partial charge in [0, 0.05) is 65.6 Å². The topological polar surface area (TPSA) is 61.4 Å². The molecule has 2 unspecified atom stereocenters. The van der Waals surface area contributed by atoms with Crippen LogP contribution < -0.4 is 10.6 Å². The number of hydrogen-bond acceptors (Lipinski definition) is 5. The van der Waals surface area contributed by atoms with Crippen LogP contribution in [0.1, 0.15) is 26.2 Å². The van der Waals surface area contributed by atoms with Gasteiger partial charge in [0.1, 0.15) is 0 Å². The maximum atomic E-state index is 5.68. The lowest BCUT2D eigenvalue weighted by Crippen LogP contribution is -2.52. The van der Waals surface area contributed by atoms with Crippen molar-refractivity contribution in [1.29, 1.82) is 0 Å². The number of ether oxygens (including phenoxy) is 2. The average Bonchev–Trinajstić information content (AvgIpc) is 3.14. The molecule has 2 aliphatic rings. The maximum absolute atomic E-state index is 5.68. The summed E-state index contributed by atoms with van der Waals surface area (Å²) in [5.74, 6) is 0.875. The molecule has 0 amide bonds. The summed E-state index contributed by atoms with van der Waals surface area (Å²) >= 11 is 0. The van der Waals surface area contributed by atoms with Crippen molar-refractivity contribution < 1.29 is 9.47 Å². The normalized spacial score (nSPS) is 23.5. The lowest BCUT2D eigenvalue weighted by atomic mass is 10.2. The average molecular weight is 483 g/mol. The maximum Gasteiger partial charge on any atom is 0.191 e. The number of nitrogens with one attached hydrogen (secondary N) is 2. The predicted octanol–water partition coefficient (Wildman–Crippen LogP) is 0.991. The van der Waals surface area contributed by atoms with Crippen molar-refractivity contribution in [3.05, 3.63) is 0 Å². The van der Waals surface area contributed by atoms with Crippen molar-refractivity contribution >= 4 is 29.9 Å². The molecule has 26 heavy (non-hydrogen) atoms. The van der Waals surface area contributed by atoms with E-state index in [1.165, 1.54) is 6.42 Å². The van der Waals surface area contributed by atoms with Gasteiger partial charge in [0.05, 0.1) is 12.7 Å². The minimum atomic E-state index is 0. The minimum absolute atomic E-state index is 0. The first-order chi connectivity index (χ1) is 12.2. The highest BCUT2D eigenvalue weighted by Crippen LogP contribution is 2.11. The smallest absolute Gasteiger partial charge is 0.191 e. The molecule has 2 saturated heterocycles. The van der Waals surface area contributed by atoms with Crippen LogP contribution in [0.5, 0.6) is 0 Å². The zero-order chi connectivity index (χ0) is 17.9. The summed E-state index contributed by atoms with van der Waals surface area (Å²) in [6.07, 6.45) is 3.60. The molecule has 154 valence electrons. The van der Waals surface area contributed by atoms with Gasteiger partial charge in [-0.3, -0.25) is 9.89 Å². The van der Waals surface area contributed by atoms with Gasteiger partial charge in [0.2, 0.25) is 0 Å². The molecule has 0 radical (unpaired) electrons. The van der Waals surface area contributed by atoms with Crippen LogP contribution >= 0.6 is 24.0 Å². The third kappa shape index (κ3) is 9.16. The highest BCUT2D eigenvalue weighted by Gasteiger charge is 2.19. The largest absolute Gasteiger partial charge is 0.379 e. The van der Waals surface area contributed by atoms with E-state index >= 15 is 0 Å². The molecule has 0 saturated carbocycles. The van der Waals surface area contributed by atoms with E-state index < -0.39 is 0 Å². The summed E-state index contributed by atoms with van der Waals surface area (Å²) in [5.41, 5.74) is 0. The second-order valence-corrected chi connectivity index (χ2v) is 7.13. The molecule has 8 heteroatoms. The SMILES string of the molecule is CN=C(NCCCOCC1CCCO1)NCC(C)N1CCN(C)CC1.I. The van der Waals surface area contributed by atoms with Crippen LogP contribution in [0.2, 0.25) is 0 Å². The molecule has 7 nitrogen and oxygen atoms in total. The molecule has 0 aromatic heterocycles. The number of piperazine rings is 1. The van der Waals surface area contributed by atoms with Crippen molar-refractivity contribution in [3.8, 4) is 0 Å². The van der Waals surface area contributed by atoms with Gasteiger partial charge in [-0.05, 0) is 33.2 Å². The van der Waals surface area contributed by atoms with Gasteiger partial charge in [0.25, 0.3) is 0 Å². The summed E-state index contributed by atoms with van der Waals surface area (Å²) in [6, 6.07) is 0.516. The standard InChI is InChI=1S/C18H37N5O2.HI/c1-16(23-10-8-22(3)9-11-23)14-21-18(19-2)20-7-5-12-24-15-17-6-4-13-25-17;/h16-17H,4-15H2,1-3H3,(H2,19,20,21);1H. The third-order valence-electron chi connectivity index (χ3n) is 5.04. The highest BCUT2D eigenvalue weighted by molar-refractivity contribution is 14.0. The molecule has 2 heterocycles.